The van der Waals surface area contributed by atoms with Crippen LogP contribution in [0.15, 0.2) is 0 Å². The van der Waals surface area contributed by atoms with E-state index < -0.39 is 0 Å². The van der Waals surface area contributed by atoms with Crippen molar-refractivity contribution < 1.29 is 18.9 Å². The van der Waals surface area contributed by atoms with Gasteiger partial charge in [-0.3, -0.25) is 0 Å². The van der Waals surface area contributed by atoms with Gasteiger partial charge in [-0.25, -0.2) is 0 Å². The van der Waals surface area contributed by atoms with Gasteiger partial charge in [0.05, 0.1) is 0 Å². The van der Waals surface area contributed by atoms with Crippen molar-refractivity contribution in [1.82, 2.24) is 5.32 Å². The van der Waals surface area contributed by atoms with Gasteiger partial charge < -0.3 is 12.2 Å². The van der Waals surface area contributed by atoms with Gasteiger partial charge in [-0.2, -0.15) is 6.42 Å². The molecular formula is C11H24LiN. The molecule has 0 aliphatic rings. The Morgan fingerprint density at radius 2 is 1.92 bits per heavy atom. The third-order valence-corrected chi connectivity index (χ3v) is 2.26. The molecule has 1 N–H and O–H groups in total. The summed E-state index contributed by atoms with van der Waals surface area (Å²) in [6.45, 7) is 9.41. The molecule has 0 aromatic carbocycles. The maximum Gasteiger partial charge on any atom is 1.00 e. The first kappa shape index (κ1) is 16.0. The van der Waals surface area contributed by atoms with Crippen LogP contribution < -0.4 is 24.2 Å². The van der Waals surface area contributed by atoms with Crippen LogP contribution in [0.2, 0.25) is 0 Å². The van der Waals surface area contributed by atoms with E-state index in [-0.39, 0.29) is 18.9 Å². The minimum absolute atomic E-state index is 0. The van der Waals surface area contributed by atoms with Crippen LogP contribution in [0.3, 0.4) is 0 Å². The van der Waals surface area contributed by atoms with Crippen molar-refractivity contribution in [2.24, 2.45) is 0 Å². The smallest absolute Gasteiger partial charge is 0.342 e. The summed E-state index contributed by atoms with van der Waals surface area (Å²) in [5.41, 5.74) is 0. The van der Waals surface area contributed by atoms with Gasteiger partial charge >= 0.3 is 18.9 Å². The topological polar surface area (TPSA) is 12.0 Å². The van der Waals surface area contributed by atoms with Crippen LogP contribution in [0, 0.1) is 6.92 Å². The predicted molar refractivity (Wildman–Crippen MR) is 56.2 cm³/mol. The SMILES string of the molecule is [CH2-]CCNC(CC)CCCCC.[Li+]. The van der Waals surface area contributed by atoms with Gasteiger partial charge in [0.25, 0.3) is 0 Å². The van der Waals surface area contributed by atoms with E-state index in [0.717, 1.165) is 19.0 Å². The molecule has 0 bridgehead atoms. The van der Waals surface area contributed by atoms with Gasteiger partial charge in [-0.15, -0.1) is 0 Å². The molecule has 13 heavy (non-hydrogen) atoms. The van der Waals surface area contributed by atoms with E-state index in [1.807, 2.05) is 0 Å². The average Bonchev–Trinajstić information content (AvgIpc) is 2.11. The largest absolute Gasteiger partial charge is 1.00 e. The molecule has 1 atom stereocenters. The summed E-state index contributed by atoms with van der Waals surface area (Å²) < 4.78 is 0. The van der Waals surface area contributed by atoms with Crippen molar-refractivity contribution in [2.45, 2.75) is 58.4 Å². The quantitative estimate of drug-likeness (QED) is 0.316. The van der Waals surface area contributed by atoms with Crippen LogP contribution >= 0.6 is 0 Å². The first-order chi connectivity index (χ1) is 5.85. The fourth-order valence-corrected chi connectivity index (χ4v) is 1.40. The molecular weight excluding hydrogens is 153 g/mol. The molecule has 0 aliphatic heterocycles. The van der Waals surface area contributed by atoms with E-state index in [1.165, 1.54) is 32.1 Å². The molecule has 0 aromatic rings. The minimum Gasteiger partial charge on any atom is -0.342 e. The van der Waals surface area contributed by atoms with E-state index in [4.69, 9.17) is 0 Å². The first-order valence-electron chi connectivity index (χ1n) is 5.37. The monoisotopic (exact) mass is 177 g/mol. The van der Waals surface area contributed by atoms with E-state index in [0.29, 0.717) is 0 Å². The zero-order valence-electron chi connectivity index (χ0n) is 9.73. The Bertz CT molecular complexity index is 86.2. The minimum atomic E-state index is 0. The van der Waals surface area contributed by atoms with E-state index in [9.17, 15) is 0 Å². The average molecular weight is 177 g/mol. The molecule has 0 aromatic heterocycles. The van der Waals surface area contributed by atoms with Crippen molar-refractivity contribution in [3.05, 3.63) is 6.92 Å². The van der Waals surface area contributed by atoms with E-state index >= 15 is 0 Å². The summed E-state index contributed by atoms with van der Waals surface area (Å²) >= 11 is 0. The van der Waals surface area contributed by atoms with Crippen molar-refractivity contribution in [3.63, 3.8) is 0 Å². The molecule has 2 heteroatoms. The van der Waals surface area contributed by atoms with E-state index in [2.05, 4.69) is 26.1 Å². The Morgan fingerprint density at radius 1 is 1.23 bits per heavy atom. The Labute approximate surface area is 96.2 Å². The standard InChI is InChI=1S/C11H24N.Li/c1-4-7-8-9-11(6-3)12-10-5-2;/h11-12H,2,4-10H2,1,3H3;/q-1;+1. The second-order valence-corrected chi connectivity index (χ2v) is 3.41. The van der Waals surface area contributed by atoms with Crippen LogP contribution in [-0.2, 0) is 0 Å². The predicted octanol–water partition coefficient (Wildman–Crippen LogP) is 0.163. The third-order valence-electron chi connectivity index (χ3n) is 2.26. The number of rotatable bonds is 8. The summed E-state index contributed by atoms with van der Waals surface area (Å²) in [6, 6.07) is 0.735. The molecule has 1 unspecified atom stereocenters. The van der Waals surface area contributed by atoms with Crippen molar-refractivity contribution in [2.75, 3.05) is 6.54 Å². The number of hydrogen-bond acceptors (Lipinski definition) is 1. The Hall–Kier alpha value is 0.557. The van der Waals surface area contributed by atoms with Gasteiger partial charge in [0.15, 0.2) is 0 Å². The summed E-state index contributed by atoms with van der Waals surface area (Å²) in [5, 5.41) is 3.52. The van der Waals surface area contributed by atoms with Crippen LogP contribution in [0.25, 0.3) is 0 Å². The maximum atomic E-state index is 3.83. The molecule has 74 valence electrons. The van der Waals surface area contributed by atoms with Gasteiger partial charge in [0, 0.05) is 6.04 Å². The van der Waals surface area contributed by atoms with E-state index in [1.54, 1.807) is 0 Å². The van der Waals surface area contributed by atoms with Crippen molar-refractivity contribution in [1.29, 1.82) is 0 Å². The molecule has 0 aliphatic carbocycles. The molecule has 0 rings (SSSR count). The van der Waals surface area contributed by atoms with Crippen LogP contribution in [0.4, 0.5) is 0 Å². The summed E-state index contributed by atoms with van der Waals surface area (Å²) in [4.78, 5) is 0. The molecule has 0 saturated heterocycles. The van der Waals surface area contributed by atoms with Crippen molar-refractivity contribution >= 4 is 0 Å². The van der Waals surface area contributed by atoms with Crippen LogP contribution in [-0.4, -0.2) is 12.6 Å². The molecule has 0 spiro atoms. The molecule has 0 amide bonds. The van der Waals surface area contributed by atoms with Gasteiger partial charge in [-0.05, 0) is 19.4 Å². The number of hydrogen-bond donors (Lipinski definition) is 1. The molecule has 0 saturated carbocycles. The molecule has 0 radical (unpaired) electrons. The van der Waals surface area contributed by atoms with Gasteiger partial charge in [0.1, 0.15) is 0 Å². The third kappa shape index (κ3) is 10.5. The summed E-state index contributed by atoms with van der Waals surface area (Å²) in [7, 11) is 0. The maximum absolute atomic E-state index is 3.83. The van der Waals surface area contributed by atoms with Crippen molar-refractivity contribution in [3.8, 4) is 0 Å². The second kappa shape index (κ2) is 12.6. The Balaban J connectivity index is 0. The second-order valence-electron chi connectivity index (χ2n) is 3.41. The molecule has 1 nitrogen and oxygen atoms in total. The normalized spacial score (nSPS) is 12.2. The zero-order chi connectivity index (χ0) is 9.23. The fraction of sp³-hybridized carbons (Fsp3) is 0.909. The summed E-state index contributed by atoms with van der Waals surface area (Å²) in [6.07, 6.45) is 7.67. The first-order valence-corrected chi connectivity index (χ1v) is 5.37. The van der Waals surface area contributed by atoms with Crippen LogP contribution in [0.5, 0.6) is 0 Å². The molecule has 0 fully saturated rings. The van der Waals surface area contributed by atoms with Crippen LogP contribution in [0.1, 0.15) is 52.4 Å². The Kier molecular flexibility index (Phi) is 15.5. The number of unbranched alkanes of at least 4 members (excludes halogenated alkanes) is 2. The van der Waals surface area contributed by atoms with Gasteiger partial charge in [0.2, 0.25) is 0 Å². The Morgan fingerprint density at radius 3 is 2.38 bits per heavy atom. The molecule has 0 heterocycles. The zero-order valence-corrected chi connectivity index (χ0v) is 9.73. The fourth-order valence-electron chi connectivity index (χ4n) is 1.40. The number of nitrogens with one attached hydrogen (secondary N) is 1. The summed E-state index contributed by atoms with van der Waals surface area (Å²) in [5.74, 6) is 0. The van der Waals surface area contributed by atoms with Gasteiger partial charge in [-0.1, -0.05) is 33.1 Å².